The Hall–Kier alpha value is -2.41. The van der Waals surface area contributed by atoms with Crippen LogP contribution in [0.2, 0.25) is 0 Å². The Balaban J connectivity index is 1.66. The number of hydrogen-bond acceptors (Lipinski definition) is 3. The molecule has 1 N–H and O–H groups in total. The van der Waals surface area contributed by atoms with Crippen LogP contribution in [-0.2, 0) is 9.59 Å². The third-order valence-corrected chi connectivity index (χ3v) is 4.41. The zero-order valence-electron chi connectivity index (χ0n) is 13.3. The van der Waals surface area contributed by atoms with Crippen molar-refractivity contribution >= 4 is 39.1 Å². The molecule has 2 aromatic rings. The Morgan fingerprint density at radius 1 is 1.28 bits per heavy atom. The molecular weight excluding hydrogens is 391 g/mol. The number of rotatable bonds is 5. The highest BCUT2D eigenvalue weighted by Crippen LogP contribution is 2.29. The second kappa shape index (κ2) is 7.65. The van der Waals surface area contributed by atoms with Crippen LogP contribution < -0.4 is 15.0 Å². The normalized spacial score (nSPS) is 13.8. The van der Waals surface area contributed by atoms with Crippen molar-refractivity contribution in [1.29, 1.82) is 0 Å². The minimum atomic E-state index is -0.395. The Morgan fingerprint density at radius 2 is 2.08 bits per heavy atom. The number of para-hydroxylation sites is 2. The monoisotopic (exact) mass is 406 g/mol. The first kappa shape index (κ1) is 17.4. The fourth-order valence-corrected chi connectivity index (χ4v) is 3.10. The number of nitrogens with zero attached hydrogens (tertiary/aromatic N) is 1. The van der Waals surface area contributed by atoms with Crippen molar-refractivity contribution in [2.75, 3.05) is 23.4 Å². The van der Waals surface area contributed by atoms with Gasteiger partial charge in [0.05, 0.1) is 15.8 Å². The summed E-state index contributed by atoms with van der Waals surface area (Å²) in [5, 5.41) is 2.76. The van der Waals surface area contributed by atoms with E-state index < -0.39 is 5.82 Å². The van der Waals surface area contributed by atoms with E-state index in [1.165, 1.54) is 18.2 Å². The van der Waals surface area contributed by atoms with E-state index in [4.69, 9.17) is 4.74 Å². The predicted octanol–water partition coefficient (Wildman–Crippen LogP) is 3.73. The van der Waals surface area contributed by atoms with E-state index >= 15 is 0 Å². The topological polar surface area (TPSA) is 58.6 Å². The van der Waals surface area contributed by atoms with Crippen molar-refractivity contribution in [2.24, 2.45) is 0 Å². The van der Waals surface area contributed by atoms with Crippen LogP contribution in [0.15, 0.2) is 46.9 Å². The Kier molecular flexibility index (Phi) is 5.33. The molecule has 0 spiro atoms. The lowest BCUT2D eigenvalue weighted by Crippen LogP contribution is -2.27. The van der Waals surface area contributed by atoms with Gasteiger partial charge in [0.25, 0.3) is 5.91 Å². The maximum atomic E-state index is 13.1. The molecule has 2 amide bonds. The SMILES string of the molecule is O=C(COc1ccc(F)cc1Br)Nc1ccccc1N1CCCC1=O. The predicted molar refractivity (Wildman–Crippen MR) is 96.3 cm³/mol. The number of ether oxygens (including phenoxy) is 1. The molecule has 0 radical (unpaired) electrons. The lowest BCUT2D eigenvalue weighted by molar-refractivity contribution is -0.118. The van der Waals surface area contributed by atoms with E-state index in [9.17, 15) is 14.0 Å². The van der Waals surface area contributed by atoms with Crippen LogP contribution in [0.25, 0.3) is 0 Å². The van der Waals surface area contributed by atoms with Crippen LogP contribution >= 0.6 is 15.9 Å². The molecule has 7 heteroatoms. The first-order chi connectivity index (χ1) is 12.0. The van der Waals surface area contributed by atoms with E-state index in [-0.39, 0.29) is 18.4 Å². The lowest BCUT2D eigenvalue weighted by atomic mass is 10.2. The molecule has 0 aliphatic carbocycles. The fraction of sp³-hybridized carbons (Fsp3) is 0.222. The number of carbonyl (C=O) groups excluding carboxylic acids is 2. The minimum Gasteiger partial charge on any atom is -0.483 e. The van der Waals surface area contributed by atoms with Gasteiger partial charge in [-0.2, -0.15) is 0 Å². The standard InChI is InChI=1S/C18H16BrFN2O3/c19-13-10-12(20)7-8-16(13)25-11-17(23)21-14-4-1-2-5-15(14)22-9-3-6-18(22)24/h1-2,4-5,7-8,10H,3,6,9,11H2,(H,21,23). The summed E-state index contributed by atoms with van der Waals surface area (Å²) < 4.78 is 18.9. The zero-order chi connectivity index (χ0) is 17.8. The van der Waals surface area contributed by atoms with Gasteiger partial charge in [-0.25, -0.2) is 4.39 Å². The van der Waals surface area contributed by atoms with Crippen LogP contribution in [0.3, 0.4) is 0 Å². The molecule has 1 aliphatic heterocycles. The zero-order valence-corrected chi connectivity index (χ0v) is 14.9. The molecule has 0 atom stereocenters. The second-order valence-corrected chi connectivity index (χ2v) is 6.43. The van der Waals surface area contributed by atoms with Gasteiger partial charge in [0.1, 0.15) is 11.6 Å². The highest BCUT2D eigenvalue weighted by Gasteiger charge is 2.24. The molecule has 0 unspecified atom stereocenters. The Morgan fingerprint density at radius 3 is 2.80 bits per heavy atom. The van der Waals surface area contributed by atoms with Gasteiger partial charge in [-0.3, -0.25) is 9.59 Å². The van der Waals surface area contributed by atoms with Gasteiger partial charge in [-0.1, -0.05) is 12.1 Å². The molecular formula is C18H16BrFN2O3. The van der Waals surface area contributed by atoms with Crippen LogP contribution in [0.1, 0.15) is 12.8 Å². The lowest BCUT2D eigenvalue weighted by Gasteiger charge is -2.20. The first-order valence-corrected chi connectivity index (χ1v) is 8.61. The molecule has 0 saturated carbocycles. The molecule has 2 aromatic carbocycles. The van der Waals surface area contributed by atoms with Gasteiger partial charge in [0.2, 0.25) is 5.91 Å². The Labute approximate surface area is 152 Å². The maximum Gasteiger partial charge on any atom is 0.262 e. The highest BCUT2D eigenvalue weighted by atomic mass is 79.9. The summed E-state index contributed by atoms with van der Waals surface area (Å²) in [6, 6.07) is 11.1. The van der Waals surface area contributed by atoms with Crippen molar-refractivity contribution in [3.63, 3.8) is 0 Å². The van der Waals surface area contributed by atoms with E-state index in [0.29, 0.717) is 34.6 Å². The summed E-state index contributed by atoms with van der Waals surface area (Å²) in [5.74, 6) is -0.337. The van der Waals surface area contributed by atoms with Gasteiger partial charge in [-0.15, -0.1) is 0 Å². The third kappa shape index (κ3) is 4.17. The molecule has 1 aliphatic rings. The van der Waals surface area contributed by atoms with E-state index in [1.807, 2.05) is 6.07 Å². The summed E-state index contributed by atoms with van der Waals surface area (Å²) >= 11 is 3.19. The number of amides is 2. The van der Waals surface area contributed by atoms with Gasteiger partial charge in [0.15, 0.2) is 6.61 Å². The van der Waals surface area contributed by atoms with E-state index in [0.717, 1.165) is 6.42 Å². The summed E-state index contributed by atoms with van der Waals surface area (Å²) in [6.07, 6.45) is 1.33. The largest absolute Gasteiger partial charge is 0.483 e. The average molecular weight is 407 g/mol. The number of hydrogen-bond donors (Lipinski definition) is 1. The minimum absolute atomic E-state index is 0.0493. The quantitative estimate of drug-likeness (QED) is 0.822. The molecule has 1 saturated heterocycles. The summed E-state index contributed by atoms with van der Waals surface area (Å²) in [5.41, 5.74) is 1.24. The number of nitrogens with one attached hydrogen (secondary N) is 1. The average Bonchev–Trinajstić information content (AvgIpc) is 3.00. The molecule has 3 rings (SSSR count). The van der Waals surface area contributed by atoms with E-state index in [1.54, 1.807) is 23.1 Å². The van der Waals surface area contributed by atoms with Crippen molar-refractivity contribution in [3.8, 4) is 5.75 Å². The van der Waals surface area contributed by atoms with Crippen molar-refractivity contribution in [1.82, 2.24) is 0 Å². The van der Waals surface area contributed by atoms with Crippen molar-refractivity contribution in [3.05, 3.63) is 52.8 Å². The van der Waals surface area contributed by atoms with Crippen LogP contribution in [-0.4, -0.2) is 25.0 Å². The maximum absolute atomic E-state index is 13.1. The van der Waals surface area contributed by atoms with Crippen LogP contribution in [0.4, 0.5) is 15.8 Å². The molecule has 5 nitrogen and oxygen atoms in total. The highest BCUT2D eigenvalue weighted by molar-refractivity contribution is 9.10. The summed E-state index contributed by atoms with van der Waals surface area (Å²) in [6.45, 7) is 0.414. The summed E-state index contributed by atoms with van der Waals surface area (Å²) in [4.78, 5) is 25.8. The molecule has 1 heterocycles. The number of halogens is 2. The third-order valence-electron chi connectivity index (χ3n) is 3.80. The molecule has 25 heavy (non-hydrogen) atoms. The number of carbonyl (C=O) groups is 2. The van der Waals surface area contributed by atoms with Gasteiger partial charge < -0.3 is 15.0 Å². The van der Waals surface area contributed by atoms with Gasteiger partial charge in [-0.05, 0) is 52.7 Å². The summed E-state index contributed by atoms with van der Waals surface area (Å²) in [7, 11) is 0. The van der Waals surface area contributed by atoms with Crippen molar-refractivity contribution < 1.29 is 18.7 Å². The molecule has 0 bridgehead atoms. The molecule has 130 valence electrons. The first-order valence-electron chi connectivity index (χ1n) is 7.81. The number of anilines is 2. The van der Waals surface area contributed by atoms with E-state index in [2.05, 4.69) is 21.2 Å². The van der Waals surface area contributed by atoms with Crippen LogP contribution in [0.5, 0.6) is 5.75 Å². The molecule has 0 aromatic heterocycles. The fourth-order valence-electron chi connectivity index (χ4n) is 2.64. The van der Waals surface area contributed by atoms with Gasteiger partial charge in [0, 0.05) is 13.0 Å². The van der Waals surface area contributed by atoms with Crippen molar-refractivity contribution in [2.45, 2.75) is 12.8 Å². The Bertz CT molecular complexity index is 813. The molecule has 1 fully saturated rings. The van der Waals surface area contributed by atoms with Gasteiger partial charge >= 0.3 is 0 Å². The number of benzene rings is 2. The van der Waals surface area contributed by atoms with Crippen LogP contribution in [0, 0.1) is 5.82 Å². The second-order valence-electron chi connectivity index (χ2n) is 5.58. The smallest absolute Gasteiger partial charge is 0.262 e.